The van der Waals surface area contributed by atoms with Crippen LogP contribution in [0.5, 0.6) is 0 Å². The van der Waals surface area contributed by atoms with Crippen molar-refractivity contribution in [3.05, 3.63) is 35.4 Å². The number of hydrogen-bond donors (Lipinski definition) is 3. The molecule has 1 aromatic carbocycles. The van der Waals surface area contributed by atoms with Gasteiger partial charge in [-0.2, -0.15) is 0 Å². The zero-order valence-corrected chi connectivity index (χ0v) is 15.7. The first kappa shape index (κ1) is 21.2. The average molecular weight is 408 g/mol. The van der Waals surface area contributed by atoms with Crippen LogP contribution in [0.2, 0.25) is 0 Å². The summed E-state index contributed by atoms with van der Waals surface area (Å²) in [5.41, 5.74) is 1.01. The highest BCUT2D eigenvalue weighted by molar-refractivity contribution is 5.98. The maximum absolute atomic E-state index is 12.5. The van der Waals surface area contributed by atoms with Gasteiger partial charge in [0.2, 0.25) is 0 Å². The Labute approximate surface area is 167 Å². The molecule has 4 atom stereocenters. The predicted octanol–water partition coefficient (Wildman–Crippen LogP) is -0.883. The lowest BCUT2D eigenvalue weighted by Gasteiger charge is -2.26. The van der Waals surface area contributed by atoms with Gasteiger partial charge in [-0.15, -0.1) is 0 Å². The number of amides is 2. The van der Waals surface area contributed by atoms with Gasteiger partial charge in [0, 0.05) is 24.2 Å². The van der Waals surface area contributed by atoms with Crippen molar-refractivity contribution in [1.29, 1.82) is 0 Å². The Hall–Kier alpha value is -2.53. The largest absolute Gasteiger partial charge is 0.483 e. The van der Waals surface area contributed by atoms with Gasteiger partial charge in [-0.05, 0) is 24.3 Å². The summed E-state index contributed by atoms with van der Waals surface area (Å²) >= 11 is 0. The first-order valence-corrected chi connectivity index (χ1v) is 9.32. The zero-order chi connectivity index (χ0) is 20.8. The molecule has 0 saturated carbocycles. The number of carbonyl (C=O) groups excluding carboxylic acids is 2. The molecular weight excluding hydrogens is 384 g/mol. The van der Waals surface area contributed by atoms with Crippen molar-refractivity contribution in [2.24, 2.45) is 0 Å². The van der Waals surface area contributed by atoms with Gasteiger partial charge in [0.15, 0.2) is 0 Å². The predicted molar refractivity (Wildman–Crippen MR) is 98.6 cm³/mol. The van der Waals surface area contributed by atoms with Crippen LogP contribution in [0.3, 0.4) is 0 Å². The second-order valence-electron chi connectivity index (χ2n) is 6.83. The fraction of sp³-hybridized carbons (Fsp3) is 0.526. The molecule has 3 heterocycles. The van der Waals surface area contributed by atoms with Crippen LogP contribution in [0.4, 0.5) is 0 Å². The summed E-state index contributed by atoms with van der Waals surface area (Å²) in [6, 6.07) is 6.31. The lowest BCUT2D eigenvalue weighted by atomic mass is 10.1. The monoisotopic (exact) mass is 408 g/mol. The molecule has 0 bridgehead atoms. The number of aliphatic hydroxyl groups is 1. The van der Waals surface area contributed by atoms with Crippen LogP contribution in [0, 0.1) is 0 Å². The Morgan fingerprint density at radius 3 is 2.28 bits per heavy atom. The SMILES string of the molecule is O=C(N[C@H]1CO[C@H]2[C@@H]1OC[C@H]2O)c1ccc(C(=O)N2CCOCC2)cc1.O=CO. The van der Waals surface area contributed by atoms with E-state index in [4.69, 9.17) is 24.1 Å². The van der Waals surface area contributed by atoms with E-state index in [1.165, 1.54) is 0 Å². The normalized spacial score (nSPS) is 28.1. The molecule has 1 aromatic rings. The summed E-state index contributed by atoms with van der Waals surface area (Å²) in [6.07, 6.45) is -1.35. The Morgan fingerprint density at radius 1 is 1.03 bits per heavy atom. The second kappa shape index (κ2) is 9.79. The van der Waals surface area contributed by atoms with E-state index in [0.717, 1.165) is 0 Å². The minimum Gasteiger partial charge on any atom is -0.483 e. The van der Waals surface area contributed by atoms with Crippen molar-refractivity contribution >= 4 is 18.3 Å². The number of morpholine rings is 1. The molecule has 29 heavy (non-hydrogen) atoms. The molecule has 0 aromatic heterocycles. The minimum atomic E-state index is -0.646. The van der Waals surface area contributed by atoms with E-state index in [2.05, 4.69) is 5.32 Å². The first-order valence-electron chi connectivity index (χ1n) is 9.32. The van der Waals surface area contributed by atoms with Gasteiger partial charge in [0.25, 0.3) is 18.3 Å². The number of nitrogens with zero attached hydrogens (tertiary/aromatic N) is 1. The Bertz CT molecular complexity index is 719. The molecule has 10 heteroatoms. The van der Waals surface area contributed by atoms with Gasteiger partial charge in [-0.1, -0.05) is 0 Å². The maximum atomic E-state index is 12.5. The third kappa shape index (κ3) is 4.91. The molecule has 10 nitrogen and oxygen atoms in total. The lowest BCUT2D eigenvalue weighted by Crippen LogP contribution is -2.44. The molecule has 0 radical (unpaired) electrons. The quantitative estimate of drug-likeness (QED) is 0.549. The van der Waals surface area contributed by atoms with Crippen molar-refractivity contribution in [2.45, 2.75) is 24.4 Å². The van der Waals surface area contributed by atoms with Crippen LogP contribution in [0.15, 0.2) is 24.3 Å². The van der Waals surface area contributed by atoms with Gasteiger partial charge in [0.1, 0.15) is 18.3 Å². The highest BCUT2D eigenvalue weighted by Gasteiger charge is 2.47. The van der Waals surface area contributed by atoms with Crippen molar-refractivity contribution in [3.63, 3.8) is 0 Å². The highest BCUT2D eigenvalue weighted by Crippen LogP contribution is 2.27. The number of carboxylic acid groups (broad SMARTS) is 1. The summed E-state index contributed by atoms with van der Waals surface area (Å²) in [5, 5.41) is 19.5. The van der Waals surface area contributed by atoms with E-state index in [-0.39, 0.29) is 43.1 Å². The van der Waals surface area contributed by atoms with Crippen LogP contribution in [-0.2, 0) is 19.0 Å². The summed E-state index contributed by atoms with van der Waals surface area (Å²) in [6.45, 7) is 2.54. The Morgan fingerprint density at radius 2 is 1.62 bits per heavy atom. The summed E-state index contributed by atoms with van der Waals surface area (Å²) < 4.78 is 16.3. The fourth-order valence-electron chi connectivity index (χ4n) is 3.57. The molecule has 0 aliphatic carbocycles. The number of fused-ring (bicyclic) bond motifs is 1. The summed E-state index contributed by atoms with van der Waals surface area (Å²) in [4.78, 5) is 35.0. The molecule has 0 unspecified atom stereocenters. The maximum Gasteiger partial charge on any atom is 0.290 e. The standard InChI is InChI=1S/C18H22N2O6.CH2O2/c21-14-10-26-15-13(9-25-16(14)15)19-17(22)11-1-3-12(4-2-11)18(23)20-5-7-24-8-6-20;2-1-3/h1-4,13-16,21H,5-10H2,(H,19,22);1H,(H,2,3)/t13-,14+,15+,16+;/m0./s1. The molecular formula is C19H24N2O8. The van der Waals surface area contributed by atoms with Crippen molar-refractivity contribution < 1.29 is 38.8 Å². The molecule has 2 amide bonds. The smallest absolute Gasteiger partial charge is 0.290 e. The van der Waals surface area contributed by atoms with Gasteiger partial charge in [-0.25, -0.2) is 0 Å². The van der Waals surface area contributed by atoms with E-state index in [1.807, 2.05) is 0 Å². The molecule has 158 valence electrons. The topological polar surface area (TPSA) is 135 Å². The van der Waals surface area contributed by atoms with E-state index < -0.39 is 6.10 Å². The number of nitrogens with one attached hydrogen (secondary N) is 1. The highest BCUT2D eigenvalue weighted by atomic mass is 16.6. The number of hydrogen-bond acceptors (Lipinski definition) is 7. The number of benzene rings is 1. The molecule has 0 spiro atoms. The second-order valence-corrected chi connectivity index (χ2v) is 6.83. The Kier molecular flexibility index (Phi) is 7.15. The first-order chi connectivity index (χ1) is 14.0. The van der Waals surface area contributed by atoms with Gasteiger partial charge in [0.05, 0.1) is 32.5 Å². The molecule has 3 fully saturated rings. The Balaban J connectivity index is 0.000000755. The van der Waals surface area contributed by atoms with Crippen LogP contribution in [0.25, 0.3) is 0 Å². The van der Waals surface area contributed by atoms with Crippen LogP contribution >= 0.6 is 0 Å². The number of carbonyl (C=O) groups is 3. The van der Waals surface area contributed by atoms with Gasteiger partial charge < -0.3 is 34.6 Å². The third-order valence-electron chi connectivity index (χ3n) is 5.04. The summed E-state index contributed by atoms with van der Waals surface area (Å²) in [5.74, 6) is -0.310. The molecule has 3 aliphatic rings. The third-order valence-corrected chi connectivity index (χ3v) is 5.04. The van der Waals surface area contributed by atoms with Crippen LogP contribution < -0.4 is 5.32 Å². The molecule has 3 aliphatic heterocycles. The molecule has 3 saturated heterocycles. The molecule has 4 rings (SSSR count). The van der Waals surface area contributed by atoms with Gasteiger partial charge in [-0.3, -0.25) is 14.4 Å². The van der Waals surface area contributed by atoms with Gasteiger partial charge >= 0.3 is 0 Å². The lowest BCUT2D eigenvalue weighted by molar-refractivity contribution is -0.122. The van der Waals surface area contributed by atoms with Crippen molar-refractivity contribution in [1.82, 2.24) is 10.2 Å². The average Bonchev–Trinajstić information content (AvgIpc) is 3.32. The van der Waals surface area contributed by atoms with E-state index in [1.54, 1.807) is 29.2 Å². The minimum absolute atomic E-state index is 0.0550. The fourth-order valence-corrected chi connectivity index (χ4v) is 3.57. The zero-order valence-electron chi connectivity index (χ0n) is 15.7. The molecule has 3 N–H and O–H groups in total. The van der Waals surface area contributed by atoms with E-state index in [9.17, 15) is 14.7 Å². The van der Waals surface area contributed by atoms with Crippen LogP contribution in [-0.4, -0.2) is 97.3 Å². The number of aliphatic hydroxyl groups excluding tert-OH is 1. The van der Waals surface area contributed by atoms with Crippen molar-refractivity contribution in [2.75, 3.05) is 39.5 Å². The van der Waals surface area contributed by atoms with E-state index >= 15 is 0 Å². The number of ether oxygens (including phenoxy) is 3. The summed E-state index contributed by atoms with van der Waals surface area (Å²) in [7, 11) is 0. The van der Waals surface area contributed by atoms with Crippen LogP contribution in [0.1, 0.15) is 20.7 Å². The van der Waals surface area contributed by atoms with E-state index in [0.29, 0.717) is 44.0 Å². The van der Waals surface area contributed by atoms with Crippen molar-refractivity contribution in [3.8, 4) is 0 Å². The number of rotatable bonds is 3.